The van der Waals surface area contributed by atoms with Crippen LogP contribution in [0.1, 0.15) is 16.7 Å². The molecular formula is C30H30F3N3O4. The van der Waals surface area contributed by atoms with Crippen molar-refractivity contribution >= 4 is 17.6 Å². The molecule has 0 radical (unpaired) electrons. The third kappa shape index (κ3) is 5.16. The van der Waals surface area contributed by atoms with Crippen molar-refractivity contribution in [2.45, 2.75) is 36.9 Å². The fraction of sp³-hybridized carbons (Fsp3) is 0.333. The Bertz CT molecular complexity index is 1280. The van der Waals surface area contributed by atoms with Gasteiger partial charge in [0.1, 0.15) is 6.04 Å². The van der Waals surface area contributed by atoms with E-state index in [0.29, 0.717) is 18.8 Å². The number of rotatable bonds is 7. The van der Waals surface area contributed by atoms with E-state index in [2.05, 4.69) is 10.2 Å². The number of nitrogens with zero attached hydrogens (tertiary/aromatic N) is 2. The van der Waals surface area contributed by atoms with E-state index in [4.69, 9.17) is 9.47 Å². The van der Waals surface area contributed by atoms with Gasteiger partial charge in [0.2, 0.25) is 5.54 Å². The molecule has 7 nitrogen and oxygen atoms in total. The molecule has 210 valence electrons. The van der Waals surface area contributed by atoms with Crippen molar-refractivity contribution in [2.24, 2.45) is 0 Å². The van der Waals surface area contributed by atoms with Crippen LogP contribution in [0.3, 0.4) is 0 Å². The van der Waals surface area contributed by atoms with Crippen LogP contribution >= 0.6 is 0 Å². The van der Waals surface area contributed by atoms with Crippen molar-refractivity contribution in [1.82, 2.24) is 10.2 Å². The number of anilines is 1. The molecule has 3 aromatic carbocycles. The Labute approximate surface area is 230 Å². The van der Waals surface area contributed by atoms with Gasteiger partial charge < -0.3 is 19.3 Å². The second-order valence-electron chi connectivity index (χ2n) is 9.91. The Hall–Kier alpha value is -3.89. The molecule has 1 N–H and O–H groups in total. The summed E-state index contributed by atoms with van der Waals surface area (Å²) >= 11 is 0. The maximum absolute atomic E-state index is 15.0. The van der Waals surface area contributed by atoms with Crippen molar-refractivity contribution in [2.75, 3.05) is 31.8 Å². The number of carbonyl (C=O) groups excluding carboxylic acids is 2. The lowest BCUT2D eigenvalue weighted by molar-refractivity contribution is -0.227. The molecule has 5 rings (SSSR count). The van der Waals surface area contributed by atoms with Crippen molar-refractivity contribution in [3.05, 3.63) is 102 Å². The number of alkyl halides is 3. The van der Waals surface area contributed by atoms with Crippen LogP contribution in [0.25, 0.3) is 0 Å². The zero-order valence-electron chi connectivity index (χ0n) is 21.9. The van der Waals surface area contributed by atoms with Crippen molar-refractivity contribution in [1.29, 1.82) is 0 Å². The highest BCUT2D eigenvalue weighted by Crippen LogP contribution is 2.45. The van der Waals surface area contributed by atoms with Gasteiger partial charge in [0.05, 0.1) is 26.4 Å². The average molecular weight is 554 g/mol. The molecule has 3 atom stereocenters. The van der Waals surface area contributed by atoms with Gasteiger partial charge in [-0.25, -0.2) is 0 Å². The van der Waals surface area contributed by atoms with Gasteiger partial charge in [-0.1, -0.05) is 72.8 Å². The van der Waals surface area contributed by atoms with Gasteiger partial charge >= 0.3 is 12.1 Å². The van der Waals surface area contributed by atoms with Crippen LogP contribution in [0.2, 0.25) is 0 Å². The van der Waals surface area contributed by atoms with Gasteiger partial charge in [-0.15, -0.1) is 0 Å². The minimum Gasteiger partial charge on any atom is -0.468 e. The number of piperazine rings is 1. The minimum atomic E-state index is -5.05. The molecular weight excluding hydrogens is 523 g/mol. The van der Waals surface area contributed by atoms with Crippen LogP contribution < -0.4 is 10.2 Å². The number of esters is 1. The first kappa shape index (κ1) is 27.7. The number of ether oxygens (including phenoxy) is 2. The van der Waals surface area contributed by atoms with E-state index >= 15 is 0 Å². The number of amides is 1. The summed E-state index contributed by atoms with van der Waals surface area (Å²) in [7, 11) is 1.10. The lowest BCUT2D eigenvalue weighted by Gasteiger charge is -2.51. The van der Waals surface area contributed by atoms with Gasteiger partial charge in [-0.3, -0.25) is 14.9 Å². The quantitative estimate of drug-likeness (QED) is 0.446. The number of nitrogens with one attached hydrogen (secondary N) is 1. The molecule has 0 saturated carbocycles. The summed E-state index contributed by atoms with van der Waals surface area (Å²) in [5.74, 6) is -2.05. The Kier molecular flexibility index (Phi) is 7.82. The minimum absolute atomic E-state index is 0.0590. The van der Waals surface area contributed by atoms with E-state index in [-0.39, 0.29) is 25.3 Å². The van der Waals surface area contributed by atoms with Crippen molar-refractivity contribution < 1.29 is 32.2 Å². The van der Waals surface area contributed by atoms with E-state index in [1.165, 1.54) is 12.1 Å². The number of halogens is 3. The predicted octanol–water partition coefficient (Wildman–Crippen LogP) is 4.02. The average Bonchev–Trinajstić information content (AvgIpc) is 2.97. The van der Waals surface area contributed by atoms with E-state index in [1.54, 1.807) is 12.1 Å². The van der Waals surface area contributed by atoms with Gasteiger partial charge in [0, 0.05) is 25.3 Å². The monoisotopic (exact) mass is 553 g/mol. The van der Waals surface area contributed by atoms with Crippen LogP contribution in [-0.2, 0) is 37.7 Å². The molecule has 2 aliphatic heterocycles. The smallest absolute Gasteiger partial charge is 0.419 e. The molecule has 0 spiro atoms. The summed E-state index contributed by atoms with van der Waals surface area (Å²) in [4.78, 5) is 29.4. The normalized spacial score (nSPS) is 22.9. The number of hydrogen-bond acceptors (Lipinski definition) is 6. The zero-order chi connectivity index (χ0) is 28.3. The van der Waals surface area contributed by atoms with Gasteiger partial charge in [-0.2, -0.15) is 13.2 Å². The van der Waals surface area contributed by atoms with Crippen LogP contribution in [0.15, 0.2) is 84.9 Å². The summed E-state index contributed by atoms with van der Waals surface area (Å²) in [5, 5.41) is 2.37. The number of benzene rings is 3. The first-order valence-corrected chi connectivity index (χ1v) is 13.0. The van der Waals surface area contributed by atoms with E-state index in [1.807, 2.05) is 60.7 Å². The Morgan fingerprint density at radius 1 is 1.00 bits per heavy atom. The fourth-order valence-electron chi connectivity index (χ4n) is 5.44. The van der Waals surface area contributed by atoms with Gasteiger partial charge in [0.25, 0.3) is 5.91 Å². The SMILES string of the molecule is COC(=O)[C@@H]1NC(c2ccc(N(Cc3ccccc3)Cc3ccccc3)cc2)(C(F)(F)F)C(=O)N2CCOC[C@H]12. The standard InChI is InChI=1S/C30H30F3N3O4/c1-39-27(37)26-25-20-40-17-16-36(25)28(38)29(34-26,30(31,32)33)23-12-14-24(15-13-23)35(18-21-8-4-2-5-9-21)19-22-10-6-3-7-11-22/h2-15,25-26,34H,16-20H2,1H3/t25-,26-,29?/m1/s1. The summed E-state index contributed by atoms with van der Waals surface area (Å²) in [6, 6.07) is 23.0. The molecule has 3 aromatic rings. The zero-order valence-corrected chi connectivity index (χ0v) is 21.9. The largest absolute Gasteiger partial charge is 0.468 e. The number of hydrogen-bond donors (Lipinski definition) is 1. The van der Waals surface area contributed by atoms with Gasteiger partial charge in [0.15, 0.2) is 0 Å². The fourth-order valence-corrected chi connectivity index (χ4v) is 5.44. The summed E-state index contributed by atoms with van der Waals surface area (Å²) in [6.45, 7) is 1.000. The highest BCUT2D eigenvalue weighted by atomic mass is 19.4. The van der Waals surface area contributed by atoms with E-state index < -0.39 is 35.7 Å². The molecule has 0 bridgehead atoms. The highest BCUT2D eigenvalue weighted by molar-refractivity contribution is 5.93. The first-order valence-electron chi connectivity index (χ1n) is 13.0. The molecule has 10 heteroatoms. The number of morpholine rings is 1. The highest BCUT2D eigenvalue weighted by Gasteiger charge is 2.68. The summed E-state index contributed by atoms with van der Waals surface area (Å²) in [6.07, 6.45) is -5.05. The number of carbonyl (C=O) groups is 2. The molecule has 0 aliphatic carbocycles. The summed E-state index contributed by atoms with van der Waals surface area (Å²) < 4.78 is 55.1. The molecule has 1 amide bonds. The third-order valence-corrected chi connectivity index (χ3v) is 7.48. The van der Waals surface area contributed by atoms with Gasteiger partial charge in [-0.05, 0) is 28.8 Å². The Balaban J connectivity index is 1.53. The van der Waals surface area contributed by atoms with E-state index in [0.717, 1.165) is 23.1 Å². The molecule has 40 heavy (non-hydrogen) atoms. The van der Waals surface area contributed by atoms with E-state index in [9.17, 15) is 22.8 Å². The topological polar surface area (TPSA) is 71.1 Å². The lowest BCUT2D eigenvalue weighted by Crippen LogP contribution is -2.78. The molecule has 2 aliphatic rings. The molecule has 0 aromatic heterocycles. The van der Waals surface area contributed by atoms with Crippen molar-refractivity contribution in [3.63, 3.8) is 0 Å². The lowest BCUT2D eigenvalue weighted by atomic mass is 9.81. The number of methoxy groups -OCH3 is 1. The van der Waals surface area contributed by atoms with Crippen LogP contribution in [-0.4, -0.2) is 61.9 Å². The molecule has 1 unspecified atom stereocenters. The molecule has 2 fully saturated rings. The van der Waals surface area contributed by atoms with Crippen LogP contribution in [0.4, 0.5) is 18.9 Å². The number of fused-ring (bicyclic) bond motifs is 1. The molecule has 2 saturated heterocycles. The summed E-state index contributed by atoms with van der Waals surface area (Å²) in [5.41, 5.74) is -0.657. The predicted molar refractivity (Wildman–Crippen MR) is 142 cm³/mol. The Morgan fingerprint density at radius 3 is 2.10 bits per heavy atom. The second kappa shape index (κ2) is 11.3. The third-order valence-electron chi connectivity index (χ3n) is 7.48. The first-order chi connectivity index (χ1) is 19.2. The maximum atomic E-state index is 15.0. The van der Waals surface area contributed by atoms with Crippen LogP contribution in [0.5, 0.6) is 0 Å². The molecule has 2 heterocycles. The van der Waals surface area contributed by atoms with Crippen LogP contribution in [0, 0.1) is 0 Å². The second-order valence-corrected chi connectivity index (χ2v) is 9.91. The maximum Gasteiger partial charge on any atom is 0.419 e. The Morgan fingerprint density at radius 2 is 1.57 bits per heavy atom. The van der Waals surface area contributed by atoms with Crippen molar-refractivity contribution in [3.8, 4) is 0 Å².